The van der Waals surface area contributed by atoms with E-state index in [-0.39, 0.29) is 12.0 Å². The van der Waals surface area contributed by atoms with Crippen LogP contribution in [0.15, 0.2) is 42.1 Å². The molecule has 2 aliphatic heterocycles. The normalized spacial score (nSPS) is 18.7. The molecule has 0 saturated carbocycles. The number of hydrogen-bond donors (Lipinski definition) is 0. The highest BCUT2D eigenvalue weighted by Crippen LogP contribution is 2.36. The van der Waals surface area contributed by atoms with Gasteiger partial charge in [0.1, 0.15) is 6.61 Å². The lowest BCUT2D eigenvalue weighted by Crippen LogP contribution is -2.41. The van der Waals surface area contributed by atoms with Crippen molar-refractivity contribution >= 4 is 17.7 Å². The first-order valence-corrected chi connectivity index (χ1v) is 10.2. The van der Waals surface area contributed by atoms with E-state index in [0.717, 1.165) is 5.75 Å². The summed E-state index contributed by atoms with van der Waals surface area (Å²) in [5, 5.41) is 9.26. The highest BCUT2D eigenvalue weighted by atomic mass is 32.2. The van der Waals surface area contributed by atoms with Crippen molar-refractivity contribution in [2.75, 3.05) is 38.7 Å². The third-order valence-electron chi connectivity index (χ3n) is 4.54. The SMILES string of the molecule is C=CCn1c(SCC(=O)N2CCOCC2)nnc1[C@H]1COc2ccccc2O1. The zero-order valence-electron chi connectivity index (χ0n) is 15.5. The second-order valence-electron chi connectivity index (χ2n) is 6.39. The topological polar surface area (TPSA) is 78.7 Å². The fourth-order valence-electron chi connectivity index (χ4n) is 3.12. The van der Waals surface area contributed by atoms with Gasteiger partial charge in [0.05, 0.1) is 19.0 Å². The molecule has 0 spiro atoms. The van der Waals surface area contributed by atoms with E-state index in [4.69, 9.17) is 14.2 Å². The van der Waals surface area contributed by atoms with Gasteiger partial charge in [-0.05, 0) is 12.1 Å². The summed E-state index contributed by atoms with van der Waals surface area (Å²) in [6.45, 7) is 7.15. The molecule has 1 atom stereocenters. The Morgan fingerprint density at radius 2 is 2.04 bits per heavy atom. The Hall–Kier alpha value is -2.52. The van der Waals surface area contributed by atoms with Gasteiger partial charge in [-0.3, -0.25) is 9.36 Å². The molecule has 0 unspecified atom stereocenters. The molecule has 0 N–H and O–H groups in total. The number of fused-ring (bicyclic) bond motifs is 1. The zero-order valence-corrected chi connectivity index (χ0v) is 16.3. The van der Waals surface area contributed by atoms with Crippen LogP contribution in [0, 0.1) is 0 Å². The van der Waals surface area contributed by atoms with Crippen LogP contribution >= 0.6 is 11.8 Å². The average Bonchev–Trinajstić information content (AvgIpc) is 3.15. The van der Waals surface area contributed by atoms with Crippen LogP contribution in [0.1, 0.15) is 11.9 Å². The molecular formula is C19H22N4O4S. The summed E-state index contributed by atoms with van der Waals surface area (Å²) in [6, 6.07) is 7.55. The second kappa shape index (κ2) is 8.66. The molecule has 9 heteroatoms. The van der Waals surface area contributed by atoms with E-state index in [1.165, 1.54) is 11.8 Å². The van der Waals surface area contributed by atoms with Crippen LogP contribution in [0.3, 0.4) is 0 Å². The van der Waals surface area contributed by atoms with E-state index < -0.39 is 0 Å². The van der Waals surface area contributed by atoms with Crippen molar-refractivity contribution in [3.8, 4) is 11.5 Å². The van der Waals surface area contributed by atoms with Gasteiger partial charge >= 0.3 is 0 Å². The van der Waals surface area contributed by atoms with E-state index in [1.807, 2.05) is 33.7 Å². The number of allylic oxidation sites excluding steroid dienone is 1. The number of ether oxygens (including phenoxy) is 3. The fourth-order valence-corrected chi connectivity index (χ4v) is 3.98. The number of morpholine rings is 1. The minimum absolute atomic E-state index is 0.0779. The molecule has 28 heavy (non-hydrogen) atoms. The predicted molar refractivity (Wildman–Crippen MR) is 104 cm³/mol. The maximum Gasteiger partial charge on any atom is 0.233 e. The number of benzene rings is 1. The molecule has 4 rings (SSSR count). The Morgan fingerprint density at radius 1 is 1.25 bits per heavy atom. The largest absolute Gasteiger partial charge is 0.485 e. The van der Waals surface area contributed by atoms with Crippen LogP contribution in [0.5, 0.6) is 11.5 Å². The predicted octanol–water partition coefficient (Wildman–Crippen LogP) is 1.93. The van der Waals surface area contributed by atoms with Gasteiger partial charge < -0.3 is 19.1 Å². The number of amides is 1. The number of thioether (sulfide) groups is 1. The first kappa shape index (κ1) is 18.8. The maximum atomic E-state index is 12.4. The van der Waals surface area contributed by atoms with Crippen molar-refractivity contribution < 1.29 is 19.0 Å². The molecule has 1 fully saturated rings. The molecule has 0 aliphatic carbocycles. The highest BCUT2D eigenvalue weighted by Gasteiger charge is 2.28. The van der Waals surface area contributed by atoms with Crippen molar-refractivity contribution in [1.82, 2.24) is 19.7 Å². The van der Waals surface area contributed by atoms with Crippen LogP contribution < -0.4 is 9.47 Å². The van der Waals surface area contributed by atoms with Gasteiger partial charge in [-0.2, -0.15) is 0 Å². The summed E-state index contributed by atoms with van der Waals surface area (Å²) in [4.78, 5) is 14.2. The molecule has 0 bridgehead atoms. The fraction of sp³-hybridized carbons (Fsp3) is 0.421. The summed E-state index contributed by atoms with van der Waals surface area (Å²) >= 11 is 1.37. The van der Waals surface area contributed by atoms with Crippen molar-refractivity contribution in [1.29, 1.82) is 0 Å². The van der Waals surface area contributed by atoms with Crippen LogP contribution in [-0.4, -0.2) is 64.2 Å². The number of carbonyl (C=O) groups is 1. The van der Waals surface area contributed by atoms with Gasteiger partial charge in [0.15, 0.2) is 28.6 Å². The van der Waals surface area contributed by atoms with Crippen molar-refractivity contribution in [2.24, 2.45) is 0 Å². The smallest absolute Gasteiger partial charge is 0.233 e. The second-order valence-corrected chi connectivity index (χ2v) is 7.33. The molecule has 0 radical (unpaired) electrons. The molecule has 3 heterocycles. The Balaban J connectivity index is 1.47. The third-order valence-corrected chi connectivity index (χ3v) is 5.49. The van der Waals surface area contributed by atoms with Crippen LogP contribution in [-0.2, 0) is 16.1 Å². The van der Waals surface area contributed by atoms with Gasteiger partial charge in [-0.15, -0.1) is 16.8 Å². The average molecular weight is 402 g/mol. The summed E-state index contributed by atoms with van der Waals surface area (Å²) in [6.07, 6.45) is 1.41. The summed E-state index contributed by atoms with van der Waals surface area (Å²) < 4.78 is 19.1. The van der Waals surface area contributed by atoms with Gasteiger partial charge in [-0.25, -0.2) is 0 Å². The lowest BCUT2D eigenvalue weighted by Gasteiger charge is -2.27. The van der Waals surface area contributed by atoms with Gasteiger partial charge in [0.2, 0.25) is 5.91 Å². The monoisotopic (exact) mass is 402 g/mol. The minimum atomic E-state index is -0.369. The van der Waals surface area contributed by atoms with E-state index in [9.17, 15) is 4.79 Å². The van der Waals surface area contributed by atoms with E-state index in [1.54, 1.807) is 6.08 Å². The van der Waals surface area contributed by atoms with Crippen molar-refractivity contribution in [2.45, 2.75) is 17.8 Å². The lowest BCUT2D eigenvalue weighted by molar-refractivity contribution is -0.132. The number of nitrogens with zero attached hydrogens (tertiary/aromatic N) is 4. The van der Waals surface area contributed by atoms with Gasteiger partial charge in [0, 0.05) is 19.6 Å². The molecule has 1 aromatic carbocycles. The van der Waals surface area contributed by atoms with Crippen molar-refractivity contribution in [3.63, 3.8) is 0 Å². The Labute approximate surface area is 167 Å². The number of hydrogen-bond acceptors (Lipinski definition) is 7. The molecule has 1 amide bonds. The standard InChI is InChI=1S/C19H22N4O4S/c1-2-7-23-18(16-12-26-14-5-3-4-6-15(14)27-16)20-21-19(23)28-13-17(24)22-8-10-25-11-9-22/h2-6,16H,1,7-13H2/t16-/m1/s1. The molecule has 2 aliphatic rings. The molecule has 148 valence electrons. The number of para-hydroxylation sites is 2. The zero-order chi connectivity index (χ0) is 19.3. The van der Waals surface area contributed by atoms with E-state index in [0.29, 0.717) is 61.9 Å². The number of carbonyl (C=O) groups excluding carboxylic acids is 1. The molecule has 8 nitrogen and oxygen atoms in total. The van der Waals surface area contributed by atoms with E-state index in [2.05, 4.69) is 16.8 Å². The summed E-state index contributed by atoms with van der Waals surface area (Å²) in [5.41, 5.74) is 0. The van der Waals surface area contributed by atoms with Crippen LogP contribution in [0.4, 0.5) is 0 Å². The Morgan fingerprint density at radius 3 is 2.82 bits per heavy atom. The Bertz CT molecular complexity index is 850. The highest BCUT2D eigenvalue weighted by molar-refractivity contribution is 7.99. The number of aromatic nitrogens is 3. The molecule has 1 saturated heterocycles. The maximum absolute atomic E-state index is 12.4. The third kappa shape index (κ3) is 4.00. The Kier molecular flexibility index (Phi) is 5.82. The molecular weight excluding hydrogens is 380 g/mol. The van der Waals surface area contributed by atoms with Gasteiger partial charge in [0.25, 0.3) is 0 Å². The lowest BCUT2D eigenvalue weighted by atomic mass is 10.2. The summed E-state index contributed by atoms with van der Waals surface area (Å²) in [5.74, 6) is 2.45. The molecule has 1 aromatic heterocycles. The van der Waals surface area contributed by atoms with Crippen LogP contribution in [0.25, 0.3) is 0 Å². The minimum Gasteiger partial charge on any atom is -0.485 e. The van der Waals surface area contributed by atoms with E-state index >= 15 is 0 Å². The first-order valence-electron chi connectivity index (χ1n) is 9.17. The van der Waals surface area contributed by atoms with Crippen molar-refractivity contribution in [3.05, 3.63) is 42.7 Å². The van der Waals surface area contributed by atoms with Crippen LogP contribution in [0.2, 0.25) is 0 Å². The molecule has 2 aromatic rings. The summed E-state index contributed by atoms with van der Waals surface area (Å²) in [7, 11) is 0. The quantitative estimate of drug-likeness (QED) is 0.540. The van der Waals surface area contributed by atoms with Gasteiger partial charge in [-0.1, -0.05) is 30.0 Å². The first-order chi connectivity index (χ1) is 13.8. The number of rotatable bonds is 6.